The summed E-state index contributed by atoms with van der Waals surface area (Å²) >= 11 is 0. The lowest BCUT2D eigenvalue weighted by molar-refractivity contribution is -0.120. The quantitative estimate of drug-likeness (QED) is 0.687. The molecule has 0 aliphatic rings. The maximum Gasteiger partial charge on any atom is 0.219 e. The zero-order valence-electron chi connectivity index (χ0n) is 11.2. The van der Waals surface area contributed by atoms with E-state index in [0.717, 1.165) is 19.5 Å². The molecule has 18 heavy (non-hydrogen) atoms. The summed E-state index contributed by atoms with van der Waals surface area (Å²) < 4.78 is 5.10. The molecule has 1 aromatic rings. The minimum Gasteiger partial charge on any atom is -0.380 e. The number of hydrogen-bond donors (Lipinski definition) is 2. The van der Waals surface area contributed by atoms with Gasteiger partial charge in [-0.3, -0.25) is 4.79 Å². The van der Waals surface area contributed by atoms with Crippen molar-refractivity contribution in [2.24, 2.45) is 0 Å². The topological polar surface area (TPSA) is 50.4 Å². The second-order valence-corrected chi connectivity index (χ2v) is 4.21. The minimum absolute atomic E-state index is 0.0962. The van der Waals surface area contributed by atoms with Crippen LogP contribution in [0.1, 0.15) is 24.0 Å². The van der Waals surface area contributed by atoms with Gasteiger partial charge in [0.2, 0.25) is 5.91 Å². The Morgan fingerprint density at radius 3 is 2.83 bits per heavy atom. The molecule has 0 fully saturated rings. The summed E-state index contributed by atoms with van der Waals surface area (Å²) in [6.45, 7) is 2.32. The molecule has 4 heteroatoms. The fraction of sp³-hybridized carbons (Fsp3) is 0.500. The molecule has 4 nitrogen and oxygen atoms in total. The highest BCUT2D eigenvalue weighted by molar-refractivity contribution is 5.75. The molecule has 0 unspecified atom stereocenters. The second-order valence-electron chi connectivity index (χ2n) is 4.21. The molecule has 0 saturated carbocycles. The molecule has 100 valence electrons. The lowest BCUT2D eigenvalue weighted by Gasteiger charge is -2.06. The number of rotatable bonds is 8. The summed E-state index contributed by atoms with van der Waals surface area (Å²) in [4.78, 5) is 11.0. The second kappa shape index (κ2) is 8.66. The van der Waals surface area contributed by atoms with Crippen LogP contribution in [0.25, 0.3) is 0 Å². The van der Waals surface area contributed by atoms with Gasteiger partial charge in [-0.1, -0.05) is 24.3 Å². The summed E-state index contributed by atoms with van der Waals surface area (Å²) in [6, 6.07) is 8.31. The fourth-order valence-electron chi connectivity index (χ4n) is 1.73. The number of ether oxygens (including phenoxy) is 1. The SMILES string of the molecule is CNC(=O)CCCNCc1cccc(COC)c1. The Kier molecular flexibility index (Phi) is 7.06. The largest absolute Gasteiger partial charge is 0.380 e. The standard InChI is InChI=1S/C14H22N2O2/c1-15-14(17)7-4-8-16-10-12-5-3-6-13(9-12)11-18-2/h3,5-6,9,16H,4,7-8,10-11H2,1-2H3,(H,15,17). The van der Waals surface area contributed by atoms with Crippen molar-refractivity contribution in [1.29, 1.82) is 0 Å². The molecule has 1 aromatic carbocycles. The summed E-state index contributed by atoms with van der Waals surface area (Å²) in [7, 11) is 3.36. The molecule has 0 heterocycles. The number of methoxy groups -OCH3 is 1. The van der Waals surface area contributed by atoms with Crippen LogP contribution in [0.3, 0.4) is 0 Å². The van der Waals surface area contributed by atoms with E-state index in [1.165, 1.54) is 11.1 Å². The van der Waals surface area contributed by atoms with E-state index in [2.05, 4.69) is 28.8 Å². The highest BCUT2D eigenvalue weighted by Gasteiger charge is 1.98. The Balaban J connectivity index is 2.22. The van der Waals surface area contributed by atoms with E-state index in [-0.39, 0.29) is 5.91 Å². The summed E-state index contributed by atoms with van der Waals surface area (Å²) in [5.74, 6) is 0.0962. The first-order valence-electron chi connectivity index (χ1n) is 6.24. The normalized spacial score (nSPS) is 10.3. The summed E-state index contributed by atoms with van der Waals surface area (Å²) in [5, 5.41) is 5.94. The number of carbonyl (C=O) groups excluding carboxylic acids is 1. The lowest BCUT2D eigenvalue weighted by atomic mass is 10.1. The third-order valence-electron chi connectivity index (χ3n) is 2.67. The zero-order chi connectivity index (χ0) is 13.2. The molecule has 1 rings (SSSR count). The van der Waals surface area contributed by atoms with Crippen molar-refractivity contribution in [3.8, 4) is 0 Å². The van der Waals surface area contributed by atoms with Gasteiger partial charge in [-0.25, -0.2) is 0 Å². The third kappa shape index (κ3) is 5.80. The van der Waals surface area contributed by atoms with Crippen LogP contribution < -0.4 is 10.6 Å². The van der Waals surface area contributed by atoms with E-state index in [1.54, 1.807) is 14.2 Å². The monoisotopic (exact) mass is 250 g/mol. The van der Waals surface area contributed by atoms with Gasteiger partial charge >= 0.3 is 0 Å². The number of benzene rings is 1. The maximum absolute atomic E-state index is 11.0. The average Bonchev–Trinajstić information content (AvgIpc) is 2.39. The van der Waals surface area contributed by atoms with Crippen molar-refractivity contribution >= 4 is 5.91 Å². The molecule has 0 saturated heterocycles. The van der Waals surface area contributed by atoms with Crippen LogP contribution in [0, 0.1) is 0 Å². The molecule has 2 N–H and O–H groups in total. The van der Waals surface area contributed by atoms with E-state index in [0.29, 0.717) is 13.0 Å². The van der Waals surface area contributed by atoms with Crippen molar-refractivity contribution < 1.29 is 9.53 Å². The molecular formula is C14H22N2O2. The van der Waals surface area contributed by atoms with E-state index in [9.17, 15) is 4.79 Å². The average molecular weight is 250 g/mol. The van der Waals surface area contributed by atoms with Crippen LogP contribution >= 0.6 is 0 Å². The Morgan fingerprint density at radius 1 is 1.33 bits per heavy atom. The van der Waals surface area contributed by atoms with Crippen molar-refractivity contribution in [2.75, 3.05) is 20.7 Å². The van der Waals surface area contributed by atoms with Gasteiger partial charge in [0.25, 0.3) is 0 Å². The van der Waals surface area contributed by atoms with Gasteiger partial charge in [-0.05, 0) is 24.1 Å². The molecule has 0 bridgehead atoms. The van der Waals surface area contributed by atoms with Crippen molar-refractivity contribution in [3.63, 3.8) is 0 Å². The molecule has 0 aliphatic heterocycles. The van der Waals surface area contributed by atoms with Crippen LogP contribution in [-0.2, 0) is 22.7 Å². The predicted octanol–water partition coefficient (Wildman–Crippen LogP) is 1.45. The molecular weight excluding hydrogens is 228 g/mol. The first kappa shape index (κ1) is 14.7. The number of amides is 1. The van der Waals surface area contributed by atoms with Gasteiger partial charge in [-0.15, -0.1) is 0 Å². The molecule has 0 aromatic heterocycles. The molecule has 0 atom stereocenters. The van der Waals surface area contributed by atoms with Crippen LogP contribution in [0.15, 0.2) is 24.3 Å². The summed E-state index contributed by atoms with van der Waals surface area (Å²) in [6.07, 6.45) is 1.44. The van der Waals surface area contributed by atoms with E-state index >= 15 is 0 Å². The number of carbonyl (C=O) groups is 1. The zero-order valence-corrected chi connectivity index (χ0v) is 11.2. The van der Waals surface area contributed by atoms with Crippen LogP contribution in [0.4, 0.5) is 0 Å². The van der Waals surface area contributed by atoms with Gasteiger partial charge in [0.15, 0.2) is 0 Å². The number of nitrogens with one attached hydrogen (secondary N) is 2. The first-order chi connectivity index (χ1) is 8.76. The van der Waals surface area contributed by atoms with Crippen LogP contribution in [-0.4, -0.2) is 26.6 Å². The van der Waals surface area contributed by atoms with Gasteiger partial charge in [0.05, 0.1) is 6.61 Å². The predicted molar refractivity (Wildman–Crippen MR) is 72.2 cm³/mol. The molecule has 1 amide bonds. The maximum atomic E-state index is 11.0. The Labute approximate surface area is 109 Å². The minimum atomic E-state index is 0.0962. The third-order valence-corrected chi connectivity index (χ3v) is 2.67. The van der Waals surface area contributed by atoms with Crippen LogP contribution in [0.5, 0.6) is 0 Å². The summed E-state index contributed by atoms with van der Waals surface area (Å²) in [5.41, 5.74) is 2.42. The van der Waals surface area contributed by atoms with Gasteiger partial charge in [0.1, 0.15) is 0 Å². The van der Waals surface area contributed by atoms with E-state index < -0.39 is 0 Å². The Bertz CT molecular complexity index is 367. The van der Waals surface area contributed by atoms with Gasteiger partial charge < -0.3 is 15.4 Å². The van der Waals surface area contributed by atoms with Crippen molar-refractivity contribution in [2.45, 2.75) is 26.0 Å². The Morgan fingerprint density at radius 2 is 2.11 bits per heavy atom. The van der Waals surface area contributed by atoms with Crippen molar-refractivity contribution in [1.82, 2.24) is 10.6 Å². The highest BCUT2D eigenvalue weighted by Crippen LogP contribution is 2.06. The molecule has 0 spiro atoms. The van der Waals surface area contributed by atoms with E-state index in [4.69, 9.17) is 4.74 Å². The molecule has 0 radical (unpaired) electrons. The van der Waals surface area contributed by atoms with Crippen LogP contribution in [0.2, 0.25) is 0 Å². The smallest absolute Gasteiger partial charge is 0.219 e. The van der Waals surface area contributed by atoms with Gasteiger partial charge in [-0.2, -0.15) is 0 Å². The first-order valence-corrected chi connectivity index (χ1v) is 6.24. The fourth-order valence-corrected chi connectivity index (χ4v) is 1.73. The van der Waals surface area contributed by atoms with Crippen molar-refractivity contribution in [3.05, 3.63) is 35.4 Å². The lowest BCUT2D eigenvalue weighted by Crippen LogP contribution is -2.20. The van der Waals surface area contributed by atoms with Gasteiger partial charge in [0, 0.05) is 27.1 Å². The Hall–Kier alpha value is -1.39. The molecule has 0 aliphatic carbocycles. The van der Waals surface area contributed by atoms with E-state index in [1.807, 2.05) is 6.07 Å². The highest BCUT2D eigenvalue weighted by atomic mass is 16.5. The number of hydrogen-bond acceptors (Lipinski definition) is 3.